The summed E-state index contributed by atoms with van der Waals surface area (Å²) in [6.45, 7) is 5.70. The Morgan fingerprint density at radius 3 is 2.70 bits per heavy atom. The fourth-order valence-electron chi connectivity index (χ4n) is 2.68. The van der Waals surface area contributed by atoms with Crippen LogP contribution in [-0.4, -0.2) is 74.3 Å². The predicted octanol–water partition coefficient (Wildman–Crippen LogP) is 0.810. The number of amidine groups is 1. The summed E-state index contributed by atoms with van der Waals surface area (Å²) in [5.74, 6) is 0. The third kappa shape index (κ3) is 4.67. The molecule has 2 aliphatic heterocycles. The van der Waals surface area contributed by atoms with E-state index >= 15 is 0 Å². The monoisotopic (exact) mass is 317 g/mol. The molecule has 1 aromatic carbocycles. The first-order chi connectivity index (χ1) is 11.2. The maximum absolute atomic E-state index is 11.9. The van der Waals surface area contributed by atoms with Gasteiger partial charge in [-0.25, -0.2) is 9.79 Å². The van der Waals surface area contributed by atoms with Gasteiger partial charge in [-0.05, 0) is 19.2 Å². The molecule has 1 saturated heterocycles. The Hall–Kier alpha value is -2.12. The largest absolute Gasteiger partial charge is 0.458 e. The highest BCUT2D eigenvalue weighted by molar-refractivity contribution is 6.00. The van der Waals surface area contributed by atoms with Gasteiger partial charge < -0.3 is 15.0 Å². The minimum atomic E-state index is -0.338. The first kappa shape index (κ1) is 15.8. The van der Waals surface area contributed by atoms with Crippen LogP contribution in [0.15, 0.2) is 35.3 Å². The van der Waals surface area contributed by atoms with E-state index in [1.807, 2.05) is 30.3 Å². The maximum Gasteiger partial charge on any atom is 0.327 e. The molecular formula is C16H23N5O2. The van der Waals surface area contributed by atoms with E-state index in [-0.39, 0.29) is 12.1 Å². The number of piperazine rings is 1. The van der Waals surface area contributed by atoms with Crippen LogP contribution < -0.4 is 10.6 Å². The Kier molecular flexibility index (Phi) is 5.09. The van der Waals surface area contributed by atoms with Gasteiger partial charge in [-0.1, -0.05) is 18.2 Å². The fraction of sp³-hybridized carbons (Fsp3) is 0.500. The number of rotatable bonds is 3. The summed E-state index contributed by atoms with van der Waals surface area (Å²) in [7, 11) is 2.14. The van der Waals surface area contributed by atoms with Crippen molar-refractivity contribution in [3.8, 4) is 0 Å². The third-order valence-electron chi connectivity index (χ3n) is 4.03. The predicted molar refractivity (Wildman–Crippen MR) is 89.7 cm³/mol. The number of likely N-dealkylation sites (N-methyl/N-ethyl adjacent to an activating group) is 1. The molecule has 0 bridgehead atoms. The number of carbonyl (C=O) groups excluding carboxylic acids is 1. The van der Waals surface area contributed by atoms with Crippen LogP contribution in [0.3, 0.4) is 0 Å². The summed E-state index contributed by atoms with van der Waals surface area (Å²) < 4.78 is 5.72. The lowest BCUT2D eigenvalue weighted by molar-refractivity contribution is 0.0992. The standard InChI is InChI=1S/C16H23N5O2/c1-20-7-9-21(10-8-20)12-14-11-17-16(23-14)19-15(22)18-13-5-3-2-4-6-13/h2-6,14H,7-12H2,1H3,(H2,17,18,19,22). The SMILES string of the molecule is CN1CCN(CC2CN=C(NC(=O)Nc3ccccc3)O2)CC1. The summed E-state index contributed by atoms with van der Waals surface area (Å²) >= 11 is 0. The summed E-state index contributed by atoms with van der Waals surface area (Å²) in [6, 6.07) is 9.25. The number of para-hydroxylation sites is 1. The van der Waals surface area contributed by atoms with E-state index in [2.05, 4.69) is 32.5 Å². The van der Waals surface area contributed by atoms with E-state index in [1.165, 1.54) is 0 Å². The van der Waals surface area contributed by atoms with Crippen molar-refractivity contribution in [2.45, 2.75) is 6.10 Å². The molecule has 0 radical (unpaired) electrons. The lowest BCUT2D eigenvalue weighted by Crippen LogP contribution is -2.47. The molecule has 7 heteroatoms. The molecule has 0 saturated carbocycles. The van der Waals surface area contributed by atoms with E-state index in [0.717, 1.165) is 38.4 Å². The van der Waals surface area contributed by atoms with Crippen molar-refractivity contribution in [3.63, 3.8) is 0 Å². The second kappa shape index (κ2) is 7.43. The molecule has 2 N–H and O–H groups in total. The number of anilines is 1. The molecule has 0 spiro atoms. The van der Waals surface area contributed by atoms with Crippen molar-refractivity contribution in [1.82, 2.24) is 15.1 Å². The number of ether oxygens (including phenoxy) is 1. The van der Waals surface area contributed by atoms with E-state index in [0.29, 0.717) is 12.6 Å². The molecule has 3 rings (SSSR count). The van der Waals surface area contributed by atoms with Crippen molar-refractivity contribution < 1.29 is 9.53 Å². The van der Waals surface area contributed by atoms with Gasteiger partial charge in [0.05, 0.1) is 6.54 Å². The van der Waals surface area contributed by atoms with Gasteiger partial charge in [0.2, 0.25) is 0 Å². The Morgan fingerprint density at radius 2 is 1.96 bits per heavy atom. The Morgan fingerprint density at radius 1 is 1.22 bits per heavy atom. The molecule has 1 atom stereocenters. The minimum Gasteiger partial charge on any atom is -0.458 e. The number of aliphatic imine (C=N–C) groups is 1. The van der Waals surface area contributed by atoms with Crippen LogP contribution in [0.4, 0.5) is 10.5 Å². The van der Waals surface area contributed by atoms with Crippen molar-refractivity contribution in [2.24, 2.45) is 4.99 Å². The quantitative estimate of drug-likeness (QED) is 0.866. The Balaban J connectivity index is 1.40. The van der Waals surface area contributed by atoms with E-state index in [4.69, 9.17) is 4.74 Å². The topological polar surface area (TPSA) is 69.2 Å². The van der Waals surface area contributed by atoms with E-state index in [1.54, 1.807) is 0 Å². The first-order valence-corrected chi connectivity index (χ1v) is 7.94. The van der Waals surface area contributed by atoms with Gasteiger partial charge >= 0.3 is 6.03 Å². The van der Waals surface area contributed by atoms with Crippen molar-refractivity contribution in [3.05, 3.63) is 30.3 Å². The molecule has 0 aliphatic carbocycles. The van der Waals surface area contributed by atoms with Crippen LogP contribution in [0.1, 0.15) is 0 Å². The van der Waals surface area contributed by atoms with E-state index < -0.39 is 0 Å². The van der Waals surface area contributed by atoms with E-state index in [9.17, 15) is 4.79 Å². The summed E-state index contributed by atoms with van der Waals surface area (Å²) in [4.78, 5) is 20.9. The average molecular weight is 317 g/mol. The molecule has 2 aliphatic rings. The van der Waals surface area contributed by atoms with Crippen LogP contribution in [0.25, 0.3) is 0 Å². The van der Waals surface area contributed by atoms with Gasteiger partial charge in [-0.2, -0.15) is 0 Å². The Labute approximate surface area is 136 Å². The van der Waals surface area contributed by atoms with Gasteiger partial charge in [-0.3, -0.25) is 10.2 Å². The van der Waals surface area contributed by atoms with Crippen LogP contribution >= 0.6 is 0 Å². The number of urea groups is 1. The van der Waals surface area contributed by atoms with Gasteiger partial charge in [0, 0.05) is 38.4 Å². The number of carbonyl (C=O) groups is 1. The molecule has 0 aromatic heterocycles. The zero-order valence-corrected chi connectivity index (χ0v) is 13.4. The van der Waals surface area contributed by atoms with Crippen LogP contribution in [0.2, 0.25) is 0 Å². The molecule has 1 unspecified atom stereocenters. The number of hydrogen-bond donors (Lipinski definition) is 2. The smallest absolute Gasteiger partial charge is 0.327 e. The molecular weight excluding hydrogens is 294 g/mol. The van der Waals surface area contributed by atoms with Gasteiger partial charge in [-0.15, -0.1) is 0 Å². The molecule has 124 valence electrons. The van der Waals surface area contributed by atoms with Crippen LogP contribution in [0, 0.1) is 0 Å². The molecule has 1 fully saturated rings. The van der Waals surface area contributed by atoms with Gasteiger partial charge in [0.15, 0.2) is 0 Å². The van der Waals surface area contributed by atoms with Gasteiger partial charge in [0.25, 0.3) is 6.02 Å². The minimum absolute atomic E-state index is 0.0189. The normalized spacial score (nSPS) is 22.3. The highest BCUT2D eigenvalue weighted by atomic mass is 16.5. The molecule has 1 aromatic rings. The molecule has 2 amide bonds. The van der Waals surface area contributed by atoms with Crippen LogP contribution in [0.5, 0.6) is 0 Å². The number of nitrogens with zero attached hydrogens (tertiary/aromatic N) is 3. The molecule has 7 nitrogen and oxygen atoms in total. The van der Waals surface area contributed by atoms with Crippen molar-refractivity contribution in [2.75, 3.05) is 51.6 Å². The fourth-order valence-corrected chi connectivity index (χ4v) is 2.68. The molecule has 23 heavy (non-hydrogen) atoms. The Bertz CT molecular complexity index is 555. The highest BCUT2D eigenvalue weighted by Gasteiger charge is 2.25. The number of nitrogens with one attached hydrogen (secondary N) is 2. The van der Waals surface area contributed by atoms with Crippen molar-refractivity contribution in [1.29, 1.82) is 0 Å². The maximum atomic E-state index is 11.9. The average Bonchev–Trinajstić information content (AvgIpc) is 2.97. The van der Waals surface area contributed by atoms with Gasteiger partial charge in [0.1, 0.15) is 6.10 Å². The molecule has 2 heterocycles. The lowest BCUT2D eigenvalue weighted by atomic mass is 10.3. The van der Waals surface area contributed by atoms with Crippen LogP contribution in [-0.2, 0) is 4.74 Å². The number of hydrogen-bond acceptors (Lipinski definition) is 5. The number of benzene rings is 1. The summed E-state index contributed by atoms with van der Waals surface area (Å²) in [6.07, 6.45) is 0.0189. The lowest BCUT2D eigenvalue weighted by Gasteiger charge is -2.33. The summed E-state index contributed by atoms with van der Waals surface area (Å²) in [5, 5.41) is 5.40. The van der Waals surface area contributed by atoms with Crippen molar-refractivity contribution >= 4 is 17.7 Å². The third-order valence-corrected chi connectivity index (χ3v) is 4.03. The highest BCUT2D eigenvalue weighted by Crippen LogP contribution is 2.09. The first-order valence-electron chi connectivity index (χ1n) is 7.94. The zero-order valence-electron chi connectivity index (χ0n) is 13.4. The number of amides is 2. The summed E-state index contributed by atoms with van der Waals surface area (Å²) in [5.41, 5.74) is 0.734. The second-order valence-corrected chi connectivity index (χ2v) is 5.93. The second-order valence-electron chi connectivity index (χ2n) is 5.93. The zero-order chi connectivity index (χ0) is 16.1.